The molecular formula is C14H16N4S. The fraction of sp³-hybridized carbons (Fsp3) is 0.286. The molecule has 2 heterocycles. The second-order valence-corrected chi connectivity index (χ2v) is 5.77. The van der Waals surface area contributed by atoms with Crippen LogP contribution in [0.1, 0.15) is 22.3 Å². The number of benzene rings is 1. The Kier molecular flexibility index (Phi) is 2.60. The quantitative estimate of drug-likeness (QED) is 0.739. The zero-order valence-corrected chi connectivity index (χ0v) is 12.3. The summed E-state index contributed by atoms with van der Waals surface area (Å²) in [5.41, 5.74) is 13.4. The lowest BCUT2D eigenvalue weighted by Crippen LogP contribution is -2.00. The summed E-state index contributed by atoms with van der Waals surface area (Å²) in [5, 5.41) is 10.1. The molecule has 0 saturated heterocycles. The highest BCUT2D eigenvalue weighted by Gasteiger charge is 2.17. The van der Waals surface area contributed by atoms with Crippen LogP contribution in [0.2, 0.25) is 0 Å². The number of nitrogens with zero attached hydrogens (tertiary/aromatic N) is 3. The van der Waals surface area contributed by atoms with Crippen LogP contribution in [0.25, 0.3) is 16.2 Å². The molecule has 4 nitrogen and oxygen atoms in total. The number of hydrogen-bond donors (Lipinski definition) is 1. The number of nitrogen functional groups attached to an aromatic ring is 1. The Morgan fingerprint density at radius 2 is 1.68 bits per heavy atom. The first-order chi connectivity index (χ1) is 9.00. The van der Waals surface area contributed by atoms with Crippen molar-refractivity contribution in [1.82, 2.24) is 14.6 Å². The van der Waals surface area contributed by atoms with Gasteiger partial charge in [0.15, 0.2) is 0 Å². The maximum atomic E-state index is 5.93. The van der Waals surface area contributed by atoms with Crippen LogP contribution in [0.4, 0.5) is 5.95 Å². The lowest BCUT2D eigenvalue weighted by Gasteiger charge is -2.14. The van der Waals surface area contributed by atoms with Gasteiger partial charge in [0.2, 0.25) is 10.9 Å². The fourth-order valence-electron chi connectivity index (χ4n) is 2.52. The molecule has 0 aliphatic carbocycles. The topological polar surface area (TPSA) is 56.2 Å². The van der Waals surface area contributed by atoms with Gasteiger partial charge in [0.1, 0.15) is 0 Å². The van der Waals surface area contributed by atoms with Crippen molar-refractivity contribution >= 4 is 22.2 Å². The predicted molar refractivity (Wildman–Crippen MR) is 79.7 cm³/mol. The van der Waals surface area contributed by atoms with E-state index in [1.54, 1.807) is 11.3 Å². The van der Waals surface area contributed by atoms with Crippen LogP contribution in [0.15, 0.2) is 11.4 Å². The molecule has 0 aliphatic rings. The van der Waals surface area contributed by atoms with Gasteiger partial charge in [-0.25, -0.2) is 0 Å². The van der Waals surface area contributed by atoms with Gasteiger partial charge in [-0.05, 0) is 49.9 Å². The summed E-state index contributed by atoms with van der Waals surface area (Å²) in [4.78, 5) is 0.838. The highest BCUT2D eigenvalue weighted by atomic mass is 32.1. The average Bonchev–Trinajstić information content (AvgIpc) is 2.92. The Labute approximate surface area is 115 Å². The molecule has 0 bridgehead atoms. The molecule has 3 aromatic rings. The highest BCUT2D eigenvalue weighted by molar-refractivity contribution is 7.15. The summed E-state index contributed by atoms with van der Waals surface area (Å²) in [7, 11) is 0. The molecule has 2 aromatic heterocycles. The van der Waals surface area contributed by atoms with Crippen molar-refractivity contribution in [1.29, 1.82) is 0 Å². The molecule has 2 N–H and O–H groups in total. The number of anilines is 1. The first kappa shape index (κ1) is 12.2. The van der Waals surface area contributed by atoms with E-state index in [4.69, 9.17) is 5.73 Å². The summed E-state index contributed by atoms with van der Waals surface area (Å²) >= 11 is 1.57. The van der Waals surface area contributed by atoms with Gasteiger partial charge in [0.05, 0.1) is 5.69 Å². The van der Waals surface area contributed by atoms with E-state index in [1.165, 1.54) is 27.8 Å². The van der Waals surface area contributed by atoms with E-state index in [-0.39, 0.29) is 0 Å². The highest BCUT2D eigenvalue weighted by Crippen LogP contribution is 2.34. The Hall–Kier alpha value is -1.88. The number of thiazole rings is 1. The predicted octanol–water partition coefficient (Wildman–Crippen LogP) is 3.27. The van der Waals surface area contributed by atoms with E-state index in [1.807, 2.05) is 4.40 Å². The average molecular weight is 272 g/mol. The first-order valence-corrected chi connectivity index (χ1v) is 7.04. The van der Waals surface area contributed by atoms with E-state index >= 15 is 0 Å². The summed E-state index contributed by atoms with van der Waals surface area (Å²) in [6, 6.07) is 2.23. The molecule has 0 unspecified atom stereocenters. The maximum absolute atomic E-state index is 5.93. The summed E-state index contributed by atoms with van der Waals surface area (Å²) in [6.07, 6.45) is 0. The Bertz CT molecular complexity index is 756. The molecule has 0 aliphatic heterocycles. The van der Waals surface area contributed by atoms with Crippen molar-refractivity contribution in [3.05, 3.63) is 33.7 Å². The van der Waals surface area contributed by atoms with Gasteiger partial charge in [0.25, 0.3) is 0 Å². The molecule has 0 amide bonds. The molecular weight excluding hydrogens is 256 g/mol. The standard InChI is InChI=1S/C14H16N4S/c1-7-5-8(2)10(4)12(9(7)3)11-6-19-14-17-16-13(15)18(11)14/h5-6H,1-4H3,(H2,15,16). The van der Waals surface area contributed by atoms with Crippen LogP contribution in [-0.4, -0.2) is 14.6 Å². The van der Waals surface area contributed by atoms with Crippen molar-refractivity contribution in [2.24, 2.45) is 0 Å². The Balaban J connectivity index is 2.42. The molecule has 19 heavy (non-hydrogen) atoms. The third kappa shape index (κ3) is 1.65. The van der Waals surface area contributed by atoms with Gasteiger partial charge < -0.3 is 5.73 Å². The molecule has 0 fully saturated rings. The van der Waals surface area contributed by atoms with E-state index in [2.05, 4.69) is 49.3 Å². The number of rotatable bonds is 1. The van der Waals surface area contributed by atoms with Crippen molar-refractivity contribution in [2.75, 3.05) is 5.73 Å². The number of aryl methyl sites for hydroxylation is 2. The van der Waals surface area contributed by atoms with Crippen LogP contribution in [0, 0.1) is 27.7 Å². The smallest absolute Gasteiger partial charge is 0.227 e. The van der Waals surface area contributed by atoms with Crippen LogP contribution < -0.4 is 5.73 Å². The monoisotopic (exact) mass is 272 g/mol. The van der Waals surface area contributed by atoms with Crippen molar-refractivity contribution in [3.8, 4) is 11.3 Å². The summed E-state index contributed by atoms with van der Waals surface area (Å²) in [6.45, 7) is 8.59. The normalized spacial score (nSPS) is 11.4. The van der Waals surface area contributed by atoms with E-state index < -0.39 is 0 Å². The number of hydrogen-bond acceptors (Lipinski definition) is 4. The van der Waals surface area contributed by atoms with Gasteiger partial charge in [-0.3, -0.25) is 4.40 Å². The maximum Gasteiger partial charge on any atom is 0.227 e. The minimum Gasteiger partial charge on any atom is -0.368 e. The minimum absolute atomic E-state index is 0.448. The number of aromatic nitrogens is 3. The van der Waals surface area contributed by atoms with E-state index in [0.717, 1.165) is 10.7 Å². The third-order valence-corrected chi connectivity index (χ3v) is 4.61. The Morgan fingerprint density at radius 3 is 2.32 bits per heavy atom. The van der Waals surface area contributed by atoms with Gasteiger partial charge in [0, 0.05) is 10.9 Å². The number of nitrogens with two attached hydrogens (primary N) is 1. The molecule has 0 atom stereocenters. The molecule has 1 aromatic carbocycles. The van der Waals surface area contributed by atoms with Crippen LogP contribution in [0.3, 0.4) is 0 Å². The molecule has 0 saturated carbocycles. The molecule has 0 spiro atoms. The molecule has 98 valence electrons. The third-order valence-electron chi connectivity index (χ3n) is 3.80. The lowest BCUT2D eigenvalue weighted by molar-refractivity contribution is 1.12. The second kappa shape index (κ2) is 4.06. The minimum atomic E-state index is 0.448. The molecule has 5 heteroatoms. The molecule has 0 radical (unpaired) electrons. The summed E-state index contributed by atoms with van der Waals surface area (Å²) in [5.74, 6) is 0.448. The van der Waals surface area contributed by atoms with Crippen molar-refractivity contribution in [2.45, 2.75) is 27.7 Å². The lowest BCUT2D eigenvalue weighted by atomic mass is 9.93. The zero-order valence-electron chi connectivity index (χ0n) is 11.5. The fourth-order valence-corrected chi connectivity index (χ4v) is 3.34. The number of fused-ring (bicyclic) bond motifs is 1. The van der Waals surface area contributed by atoms with Gasteiger partial charge >= 0.3 is 0 Å². The van der Waals surface area contributed by atoms with E-state index in [9.17, 15) is 0 Å². The van der Waals surface area contributed by atoms with E-state index in [0.29, 0.717) is 5.95 Å². The Morgan fingerprint density at radius 1 is 1.05 bits per heavy atom. The van der Waals surface area contributed by atoms with Crippen LogP contribution in [0.5, 0.6) is 0 Å². The largest absolute Gasteiger partial charge is 0.368 e. The van der Waals surface area contributed by atoms with Crippen molar-refractivity contribution < 1.29 is 0 Å². The van der Waals surface area contributed by atoms with Gasteiger partial charge in [-0.1, -0.05) is 6.07 Å². The first-order valence-electron chi connectivity index (χ1n) is 6.16. The van der Waals surface area contributed by atoms with Crippen molar-refractivity contribution in [3.63, 3.8) is 0 Å². The second-order valence-electron chi connectivity index (χ2n) is 4.93. The summed E-state index contributed by atoms with van der Waals surface area (Å²) < 4.78 is 1.93. The van der Waals surface area contributed by atoms with Gasteiger partial charge in [-0.15, -0.1) is 21.5 Å². The zero-order chi connectivity index (χ0) is 13.7. The van der Waals surface area contributed by atoms with Gasteiger partial charge in [-0.2, -0.15) is 0 Å². The molecule has 3 rings (SSSR count). The van der Waals surface area contributed by atoms with Crippen LogP contribution >= 0.6 is 11.3 Å². The van der Waals surface area contributed by atoms with Crippen LogP contribution in [-0.2, 0) is 0 Å². The SMILES string of the molecule is Cc1cc(C)c(C)c(-c2csc3nnc(N)n23)c1C.